The number of guanidine groups is 1. The summed E-state index contributed by atoms with van der Waals surface area (Å²) in [6, 6.07) is 7.77. The number of benzene rings is 1. The van der Waals surface area contributed by atoms with Gasteiger partial charge in [-0.25, -0.2) is 4.79 Å². The van der Waals surface area contributed by atoms with Crippen molar-refractivity contribution in [1.29, 1.82) is 0 Å². The van der Waals surface area contributed by atoms with E-state index >= 15 is 0 Å². The van der Waals surface area contributed by atoms with E-state index in [0.29, 0.717) is 13.1 Å². The lowest BCUT2D eigenvalue weighted by Gasteiger charge is -2.22. The first kappa shape index (κ1) is 21.7. The molecular weight excluding hydrogens is 501 g/mol. The molecule has 1 aliphatic rings. The second-order valence-corrected chi connectivity index (χ2v) is 6.34. The third-order valence-electron chi connectivity index (χ3n) is 3.55. The number of nitrogens with zero attached hydrogens (tertiary/aromatic N) is 3. The molecule has 0 aliphatic carbocycles. The molecule has 1 aliphatic heterocycles. The second-order valence-electron chi connectivity index (χ2n) is 5.42. The predicted octanol–water partition coefficient (Wildman–Crippen LogP) is 2.02. The van der Waals surface area contributed by atoms with Gasteiger partial charge < -0.3 is 15.5 Å². The molecule has 3 amide bonds. The quantitative estimate of drug-likeness (QED) is 0.259. The van der Waals surface area contributed by atoms with Crippen LogP contribution in [-0.2, 0) is 11.3 Å². The topological polar surface area (TPSA) is 77.0 Å². The molecule has 138 valence electrons. The van der Waals surface area contributed by atoms with Crippen molar-refractivity contribution in [2.24, 2.45) is 4.99 Å². The zero-order valence-electron chi connectivity index (χ0n) is 14.3. The van der Waals surface area contributed by atoms with E-state index in [1.54, 1.807) is 0 Å². The molecule has 0 bridgehead atoms. The highest BCUT2D eigenvalue weighted by Gasteiger charge is 2.27. The van der Waals surface area contributed by atoms with Crippen molar-refractivity contribution < 1.29 is 9.59 Å². The highest BCUT2D eigenvalue weighted by atomic mass is 127. The van der Waals surface area contributed by atoms with Crippen LogP contribution in [0.5, 0.6) is 0 Å². The van der Waals surface area contributed by atoms with Crippen LogP contribution < -0.4 is 10.6 Å². The number of aliphatic imine (C=N–C) groups is 1. The first-order valence-electron chi connectivity index (χ1n) is 7.83. The van der Waals surface area contributed by atoms with E-state index in [-0.39, 0.29) is 49.0 Å². The molecular formula is C16H23BrIN5O2. The molecule has 1 heterocycles. The van der Waals surface area contributed by atoms with Crippen molar-refractivity contribution in [2.75, 3.05) is 33.2 Å². The number of halogens is 2. The summed E-state index contributed by atoms with van der Waals surface area (Å²) in [5.74, 6) is 0.538. The molecule has 0 saturated carbocycles. The van der Waals surface area contributed by atoms with Crippen molar-refractivity contribution in [2.45, 2.75) is 13.5 Å². The van der Waals surface area contributed by atoms with Gasteiger partial charge in [0.1, 0.15) is 0 Å². The third-order valence-corrected chi connectivity index (χ3v) is 4.08. The molecule has 1 saturated heterocycles. The summed E-state index contributed by atoms with van der Waals surface area (Å²) in [6.07, 6.45) is 0. The summed E-state index contributed by atoms with van der Waals surface area (Å²) < 4.78 is 1.04. The van der Waals surface area contributed by atoms with Crippen molar-refractivity contribution in [3.05, 3.63) is 34.3 Å². The summed E-state index contributed by atoms with van der Waals surface area (Å²) in [6.45, 7) is 4.18. The third kappa shape index (κ3) is 6.46. The van der Waals surface area contributed by atoms with E-state index in [1.807, 2.05) is 31.0 Å². The maximum Gasteiger partial charge on any atom is 0.324 e. The highest BCUT2D eigenvalue weighted by Crippen LogP contribution is 2.11. The molecule has 0 radical (unpaired) electrons. The van der Waals surface area contributed by atoms with Crippen molar-refractivity contribution in [3.63, 3.8) is 0 Å². The number of hydrogen-bond donors (Lipinski definition) is 2. The first-order valence-corrected chi connectivity index (χ1v) is 8.62. The molecule has 0 atom stereocenters. The molecule has 2 rings (SSSR count). The average Bonchev–Trinajstić information content (AvgIpc) is 2.88. The fourth-order valence-electron chi connectivity index (χ4n) is 2.35. The van der Waals surface area contributed by atoms with Gasteiger partial charge >= 0.3 is 6.03 Å². The summed E-state index contributed by atoms with van der Waals surface area (Å²) >= 11 is 3.43. The minimum atomic E-state index is -0.344. The number of rotatable bonds is 6. The summed E-state index contributed by atoms with van der Waals surface area (Å²) in [5.41, 5.74) is 1.17. The van der Waals surface area contributed by atoms with E-state index in [2.05, 4.69) is 43.7 Å². The van der Waals surface area contributed by atoms with Gasteiger partial charge in [0.2, 0.25) is 5.91 Å². The Hall–Kier alpha value is -1.36. The molecule has 0 aromatic heterocycles. The average molecular weight is 524 g/mol. The second kappa shape index (κ2) is 10.6. The van der Waals surface area contributed by atoms with Gasteiger partial charge in [-0.1, -0.05) is 28.1 Å². The van der Waals surface area contributed by atoms with Crippen LogP contribution in [0, 0.1) is 0 Å². The van der Waals surface area contributed by atoms with Crippen LogP contribution in [0.25, 0.3) is 0 Å². The Bertz CT molecular complexity index is 607. The Morgan fingerprint density at radius 1 is 1.36 bits per heavy atom. The Morgan fingerprint density at radius 2 is 2.04 bits per heavy atom. The Kier molecular flexibility index (Phi) is 9.19. The number of carbonyl (C=O) groups is 2. The van der Waals surface area contributed by atoms with E-state index < -0.39 is 0 Å². The van der Waals surface area contributed by atoms with Gasteiger partial charge in [-0.05, 0) is 24.6 Å². The fraction of sp³-hybridized carbons (Fsp3) is 0.438. The lowest BCUT2D eigenvalue weighted by atomic mass is 10.2. The molecule has 1 aromatic rings. The Labute approximate surface area is 173 Å². The standard InChI is InChI=1S/C16H22BrN5O2.HI/c1-3-18-15(19-8-9-22-14(23)10-20-16(22)24)21(2)11-12-4-6-13(17)7-5-12;/h4-7H,3,8-11H2,1-2H3,(H,18,19)(H,20,24);1H. The van der Waals surface area contributed by atoms with Gasteiger partial charge in [0.05, 0.1) is 19.6 Å². The smallest absolute Gasteiger partial charge is 0.324 e. The number of imide groups is 1. The number of nitrogens with one attached hydrogen (secondary N) is 2. The molecule has 9 heteroatoms. The van der Waals surface area contributed by atoms with Crippen LogP contribution in [0.1, 0.15) is 12.5 Å². The summed E-state index contributed by atoms with van der Waals surface area (Å²) in [7, 11) is 1.96. The molecule has 0 unspecified atom stereocenters. The normalized spacial score (nSPS) is 14.2. The largest absolute Gasteiger partial charge is 0.357 e. The molecule has 1 aromatic carbocycles. The zero-order valence-corrected chi connectivity index (χ0v) is 18.2. The number of amides is 3. The minimum Gasteiger partial charge on any atom is -0.357 e. The van der Waals surface area contributed by atoms with Crippen LogP contribution in [-0.4, -0.2) is 60.9 Å². The molecule has 2 N–H and O–H groups in total. The van der Waals surface area contributed by atoms with Gasteiger partial charge in [0.15, 0.2) is 5.96 Å². The van der Waals surface area contributed by atoms with Gasteiger partial charge in [-0.2, -0.15) is 0 Å². The van der Waals surface area contributed by atoms with E-state index in [1.165, 1.54) is 10.5 Å². The van der Waals surface area contributed by atoms with Crippen LogP contribution in [0.4, 0.5) is 4.79 Å². The van der Waals surface area contributed by atoms with Crippen LogP contribution >= 0.6 is 39.9 Å². The van der Waals surface area contributed by atoms with Gasteiger partial charge in [0.25, 0.3) is 0 Å². The van der Waals surface area contributed by atoms with E-state index in [0.717, 1.165) is 17.0 Å². The first-order chi connectivity index (χ1) is 11.5. The fourth-order valence-corrected chi connectivity index (χ4v) is 2.61. The monoisotopic (exact) mass is 523 g/mol. The van der Waals surface area contributed by atoms with E-state index in [9.17, 15) is 9.59 Å². The van der Waals surface area contributed by atoms with E-state index in [4.69, 9.17) is 0 Å². The van der Waals surface area contributed by atoms with Gasteiger partial charge in [0, 0.05) is 24.6 Å². The molecule has 25 heavy (non-hydrogen) atoms. The Morgan fingerprint density at radius 3 is 2.60 bits per heavy atom. The van der Waals surface area contributed by atoms with Crippen LogP contribution in [0.15, 0.2) is 33.7 Å². The molecule has 7 nitrogen and oxygen atoms in total. The van der Waals surface area contributed by atoms with Crippen molar-refractivity contribution >= 4 is 57.8 Å². The number of hydrogen-bond acceptors (Lipinski definition) is 3. The maximum absolute atomic E-state index is 11.6. The van der Waals surface area contributed by atoms with Gasteiger partial charge in [-0.3, -0.25) is 14.7 Å². The number of carbonyl (C=O) groups excluding carboxylic acids is 2. The van der Waals surface area contributed by atoms with Crippen molar-refractivity contribution in [3.8, 4) is 0 Å². The predicted molar refractivity (Wildman–Crippen MR) is 112 cm³/mol. The van der Waals surface area contributed by atoms with Crippen molar-refractivity contribution in [1.82, 2.24) is 20.4 Å². The van der Waals surface area contributed by atoms with Crippen LogP contribution in [0.3, 0.4) is 0 Å². The maximum atomic E-state index is 11.6. The van der Waals surface area contributed by atoms with Crippen LogP contribution in [0.2, 0.25) is 0 Å². The van der Waals surface area contributed by atoms with Gasteiger partial charge in [-0.15, -0.1) is 24.0 Å². The minimum absolute atomic E-state index is 0. The molecule has 1 fully saturated rings. The number of urea groups is 1. The summed E-state index contributed by atoms with van der Waals surface area (Å²) in [4.78, 5) is 30.8. The lowest BCUT2D eigenvalue weighted by Crippen LogP contribution is -2.39. The summed E-state index contributed by atoms with van der Waals surface area (Å²) in [5, 5.41) is 5.73. The highest BCUT2D eigenvalue weighted by molar-refractivity contribution is 14.0. The zero-order chi connectivity index (χ0) is 17.5. The molecule has 0 spiro atoms. The Balaban J connectivity index is 0.00000312. The lowest BCUT2D eigenvalue weighted by molar-refractivity contribution is -0.124. The SMILES string of the molecule is CCNC(=NCCN1C(=O)CNC1=O)N(C)Cc1ccc(Br)cc1.I.